The fourth-order valence-corrected chi connectivity index (χ4v) is 9.26. The monoisotopic (exact) mass is 970 g/mol. The van der Waals surface area contributed by atoms with Crippen molar-refractivity contribution in [1.82, 2.24) is 0 Å². The van der Waals surface area contributed by atoms with Gasteiger partial charge in [0.15, 0.2) is 6.10 Å². The molecule has 0 saturated heterocycles. The summed E-state index contributed by atoms with van der Waals surface area (Å²) >= 11 is 0. The zero-order chi connectivity index (χ0) is 49.2. The quantitative estimate of drug-likeness (QED) is 0.0195. The van der Waals surface area contributed by atoms with Crippen molar-refractivity contribution in [2.24, 2.45) is 0 Å². The van der Waals surface area contributed by atoms with E-state index < -0.39 is 26.5 Å². The first-order chi connectivity index (χ1) is 32.5. The number of hydrogen-bond acceptors (Lipinski definition) is 8. The number of carbonyl (C=O) groups is 2. The Hall–Kier alpha value is -1.25. The number of allylic oxidation sites excluding steroid dienone is 2. The highest BCUT2D eigenvalue weighted by Crippen LogP contribution is 2.38. The maximum absolute atomic E-state index is 12.7. The fourth-order valence-electron chi connectivity index (χ4n) is 8.54. The molecular weight excluding hydrogens is 858 g/mol. The molecule has 0 heterocycles. The summed E-state index contributed by atoms with van der Waals surface area (Å²) in [6.45, 7) is 4.24. The third kappa shape index (κ3) is 53.9. The zero-order valence-electron chi connectivity index (χ0n) is 45.1. The molecule has 2 atom stereocenters. The highest BCUT2D eigenvalue weighted by atomic mass is 31.2. The number of carbonyl (C=O) groups excluding carboxylic acids is 2. The summed E-state index contributed by atoms with van der Waals surface area (Å²) in [5.74, 6) is -0.829. The molecule has 398 valence electrons. The van der Waals surface area contributed by atoms with Crippen LogP contribution in [0.4, 0.5) is 0 Å². The van der Waals surface area contributed by atoms with E-state index in [1.807, 2.05) is 21.1 Å². The van der Waals surface area contributed by atoms with Crippen LogP contribution in [0, 0.1) is 0 Å². The van der Waals surface area contributed by atoms with Gasteiger partial charge >= 0.3 is 11.9 Å². The van der Waals surface area contributed by atoms with Crippen LogP contribution in [0.15, 0.2) is 12.2 Å². The molecule has 2 unspecified atom stereocenters. The van der Waals surface area contributed by atoms with E-state index in [0.29, 0.717) is 17.4 Å². The lowest BCUT2D eigenvalue weighted by Gasteiger charge is -2.28. The molecular formula is C57H112NO8P. The molecule has 0 aromatic heterocycles. The molecule has 0 saturated carbocycles. The number of esters is 2. The van der Waals surface area contributed by atoms with Gasteiger partial charge in [0.05, 0.1) is 27.7 Å². The van der Waals surface area contributed by atoms with Crippen molar-refractivity contribution in [2.75, 3.05) is 47.5 Å². The largest absolute Gasteiger partial charge is 0.756 e. The van der Waals surface area contributed by atoms with Crippen molar-refractivity contribution >= 4 is 19.8 Å². The second-order valence-electron chi connectivity index (χ2n) is 21.0. The van der Waals surface area contributed by atoms with Crippen LogP contribution < -0.4 is 4.89 Å². The van der Waals surface area contributed by atoms with Crippen molar-refractivity contribution in [2.45, 2.75) is 296 Å². The van der Waals surface area contributed by atoms with Gasteiger partial charge in [-0.2, -0.15) is 0 Å². The first-order valence-corrected chi connectivity index (χ1v) is 30.4. The predicted octanol–water partition coefficient (Wildman–Crippen LogP) is 17.0. The van der Waals surface area contributed by atoms with Crippen molar-refractivity contribution in [1.29, 1.82) is 0 Å². The van der Waals surface area contributed by atoms with E-state index >= 15 is 0 Å². The van der Waals surface area contributed by atoms with Crippen LogP contribution in [0.1, 0.15) is 290 Å². The molecule has 0 aliphatic carbocycles. The number of phosphoric acid groups is 1. The SMILES string of the molecule is CCCCC/C=C\CCCCCCCC(=O)OC(COC(=O)CCCCCCCCCCCCCCCCCCCCCCCCCCCCCCCCC)COP(=O)([O-])OCC[N+](C)(C)C. The van der Waals surface area contributed by atoms with Crippen LogP contribution in [-0.4, -0.2) is 70.0 Å². The average Bonchev–Trinajstić information content (AvgIpc) is 3.29. The summed E-state index contributed by atoms with van der Waals surface area (Å²) in [5.41, 5.74) is 0. The van der Waals surface area contributed by atoms with Gasteiger partial charge in [0, 0.05) is 12.8 Å². The van der Waals surface area contributed by atoms with Gasteiger partial charge < -0.3 is 27.9 Å². The maximum atomic E-state index is 12.7. The molecule has 0 N–H and O–H groups in total. The lowest BCUT2D eigenvalue weighted by Crippen LogP contribution is -2.37. The Morgan fingerprint density at radius 2 is 0.761 bits per heavy atom. The molecule has 0 aliphatic rings. The molecule has 9 nitrogen and oxygen atoms in total. The van der Waals surface area contributed by atoms with Crippen molar-refractivity contribution in [3.05, 3.63) is 12.2 Å². The first kappa shape index (κ1) is 65.8. The molecule has 0 fully saturated rings. The van der Waals surface area contributed by atoms with Crippen LogP contribution in [-0.2, 0) is 32.7 Å². The van der Waals surface area contributed by atoms with Crippen molar-refractivity contribution < 1.29 is 42.1 Å². The Balaban J connectivity index is 3.94. The van der Waals surface area contributed by atoms with Gasteiger partial charge in [-0.15, -0.1) is 0 Å². The molecule has 0 aromatic rings. The smallest absolute Gasteiger partial charge is 0.306 e. The summed E-state index contributed by atoms with van der Waals surface area (Å²) in [7, 11) is 1.18. The molecule has 0 rings (SSSR count). The van der Waals surface area contributed by atoms with E-state index in [1.165, 1.54) is 199 Å². The highest BCUT2D eigenvalue weighted by Gasteiger charge is 2.22. The van der Waals surface area contributed by atoms with Gasteiger partial charge in [-0.25, -0.2) is 0 Å². The van der Waals surface area contributed by atoms with E-state index in [-0.39, 0.29) is 32.0 Å². The molecule has 0 aromatic carbocycles. The molecule has 10 heteroatoms. The lowest BCUT2D eigenvalue weighted by molar-refractivity contribution is -0.870. The number of quaternary nitrogens is 1. The average molecular weight is 970 g/mol. The predicted molar refractivity (Wildman–Crippen MR) is 282 cm³/mol. The van der Waals surface area contributed by atoms with Gasteiger partial charge in [0.2, 0.25) is 0 Å². The van der Waals surface area contributed by atoms with Crippen LogP contribution >= 0.6 is 7.82 Å². The van der Waals surface area contributed by atoms with E-state index in [0.717, 1.165) is 57.8 Å². The third-order valence-electron chi connectivity index (χ3n) is 13.0. The number of rotatable bonds is 54. The van der Waals surface area contributed by atoms with Crippen LogP contribution in [0.5, 0.6) is 0 Å². The standard InChI is InChI=1S/C57H112NO8P/c1-6-8-10-12-14-16-18-20-21-22-23-24-25-26-27-28-29-30-31-32-33-34-35-36-37-38-40-41-43-45-47-49-56(59)63-53-55(54-65-67(61,62)64-52-51-58(3,4)5)66-57(60)50-48-46-44-42-39-19-17-15-13-11-9-7-2/h15,17,55H,6-14,16,18-54H2,1-5H3/b17-15-. The first-order valence-electron chi connectivity index (χ1n) is 28.9. The van der Waals surface area contributed by atoms with Gasteiger partial charge in [-0.05, 0) is 38.5 Å². The Morgan fingerprint density at radius 1 is 0.448 bits per heavy atom. The number of ether oxygens (including phenoxy) is 2. The van der Waals surface area contributed by atoms with Gasteiger partial charge in [-0.1, -0.05) is 251 Å². The molecule has 0 spiro atoms. The Bertz CT molecular complexity index is 1140. The Morgan fingerprint density at radius 3 is 1.13 bits per heavy atom. The third-order valence-corrected chi connectivity index (χ3v) is 14.0. The zero-order valence-corrected chi connectivity index (χ0v) is 46.0. The number of phosphoric ester groups is 1. The summed E-state index contributed by atoms with van der Waals surface area (Å²) in [6.07, 6.45) is 57.1. The lowest BCUT2D eigenvalue weighted by atomic mass is 10.0. The van der Waals surface area contributed by atoms with Gasteiger partial charge in [-0.3, -0.25) is 14.2 Å². The second-order valence-corrected chi connectivity index (χ2v) is 22.4. The van der Waals surface area contributed by atoms with E-state index in [9.17, 15) is 19.0 Å². The summed E-state index contributed by atoms with van der Waals surface area (Å²) in [5, 5.41) is 0. The van der Waals surface area contributed by atoms with Crippen LogP contribution in [0.2, 0.25) is 0 Å². The minimum atomic E-state index is -4.63. The molecule has 0 radical (unpaired) electrons. The molecule has 0 aliphatic heterocycles. The Kier molecular flexibility index (Phi) is 48.8. The Labute approximate surface area is 416 Å². The van der Waals surface area contributed by atoms with Crippen LogP contribution in [0.3, 0.4) is 0 Å². The molecule has 0 bridgehead atoms. The van der Waals surface area contributed by atoms with Gasteiger partial charge in [0.1, 0.15) is 19.8 Å². The second kappa shape index (κ2) is 49.7. The summed E-state index contributed by atoms with van der Waals surface area (Å²) < 4.78 is 34.0. The van der Waals surface area contributed by atoms with Crippen LogP contribution in [0.25, 0.3) is 0 Å². The van der Waals surface area contributed by atoms with Crippen molar-refractivity contribution in [3.63, 3.8) is 0 Å². The number of unbranched alkanes of at least 4 members (excludes halogenated alkanes) is 38. The summed E-state index contributed by atoms with van der Waals surface area (Å²) in [4.78, 5) is 37.7. The normalized spacial score (nSPS) is 13.3. The van der Waals surface area contributed by atoms with E-state index in [4.69, 9.17) is 18.5 Å². The fraction of sp³-hybridized carbons (Fsp3) is 0.930. The molecule has 67 heavy (non-hydrogen) atoms. The number of likely N-dealkylation sites (N-methyl/N-ethyl adjacent to an activating group) is 1. The minimum absolute atomic E-state index is 0.0291. The van der Waals surface area contributed by atoms with E-state index in [2.05, 4.69) is 26.0 Å². The van der Waals surface area contributed by atoms with Crippen molar-refractivity contribution in [3.8, 4) is 0 Å². The number of nitrogens with zero attached hydrogens (tertiary/aromatic N) is 1. The highest BCUT2D eigenvalue weighted by molar-refractivity contribution is 7.45. The summed E-state index contributed by atoms with van der Waals surface area (Å²) in [6, 6.07) is 0. The molecule has 0 amide bonds. The minimum Gasteiger partial charge on any atom is -0.756 e. The number of hydrogen-bond donors (Lipinski definition) is 0. The van der Waals surface area contributed by atoms with Gasteiger partial charge in [0.25, 0.3) is 7.82 Å². The maximum Gasteiger partial charge on any atom is 0.306 e. The topological polar surface area (TPSA) is 111 Å². The van der Waals surface area contributed by atoms with E-state index in [1.54, 1.807) is 0 Å².